The maximum atomic E-state index is 2.58. The molecule has 0 aromatic heterocycles. The molecule has 0 bridgehead atoms. The van der Waals surface area contributed by atoms with Gasteiger partial charge in [-0.05, 0) is 40.2 Å². The van der Waals surface area contributed by atoms with Crippen molar-refractivity contribution in [2.75, 3.05) is 16.8 Å². The molecule has 0 amide bonds. The van der Waals surface area contributed by atoms with Crippen molar-refractivity contribution in [3.63, 3.8) is 0 Å². The Morgan fingerprint density at radius 1 is 0.857 bits per heavy atom. The Labute approximate surface area is 144 Å². The van der Waals surface area contributed by atoms with E-state index in [-0.39, 0.29) is 7.92 Å². The molecule has 0 atom stereocenters. The van der Waals surface area contributed by atoms with Gasteiger partial charge >= 0.3 is 0 Å². The van der Waals surface area contributed by atoms with Crippen LogP contribution in [0.15, 0.2) is 60.7 Å². The van der Waals surface area contributed by atoms with Gasteiger partial charge in [-0.2, -0.15) is 0 Å². The summed E-state index contributed by atoms with van der Waals surface area (Å²) in [5.74, 6) is 0. The van der Waals surface area contributed by atoms with E-state index in [0.717, 1.165) is 0 Å². The molecule has 2 aromatic carbocycles. The van der Waals surface area contributed by atoms with Crippen molar-refractivity contribution in [1.29, 1.82) is 0 Å². The Morgan fingerprint density at radius 2 is 1.43 bits per heavy atom. The lowest BCUT2D eigenvalue weighted by Crippen LogP contribution is -2.51. The van der Waals surface area contributed by atoms with Crippen LogP contribution in [-0.2, 0) is 0 Å². The highest BCUT2D eigenvalue weighted by Gasteiger charge is 2.38. The van der Waals surface area contributed by atoms with Crippen LogP contribution in [0.2, 0.25) is 18.1 Å². The second-order valence-electron chi connectivity index (χ2n) is 5.91. The van der Waals surface area contributed by atoms with Crippen LogP contribution in [0.3, 0.4) is 0 Å². The highest BCUT2D eigenvalue weighted by atomic mass is 127. The van der Waals surface area contributed by atoms with Crippen molar-refractivity contribution in [3.05, 3.63) is 60.7 Å². The van der Waals surface area contributed by atoms with Crippen molar-refractivity contribution in [1.82, 2.24) is 0 Å². The monoisotopic (exact) mass is 424 g/mol. The molecule has 0 nitrogen and oxygen atoms in total. The Hall–Kier alpha value is -0.183. The topological polar surface area (TPSA) is 0 Å². The first kappa shape index (κ1) is 15.7. The van der Waals surface area contributed by atoms with E-state index in [1.165, 1.54) is 34.9 Å². The van der Waals surface area contributed by atoms with E-state index in [2.05, 4.69) is 83.3 Å². The van der Waals surface area contributed by atoms with E-state index in [1.807, 2.05) is 0 Å². The Morgan fingerprint density at radius 3 is 2.00 bits per heavy atom. The summed E-state index contributed by atoms with van der Waals surface area (Å²) in [6.45, 7) is 0. The zero-order valence-corrected chi connectivity index (χ0v) is 16.4. The van der Waals surface area contributed by atoms with Crippen molar-refractivity contribution >= 4 is 49.1 Å². The first-order valence-electron chi connectivity index (χ1n) is 7.76. The SMILES string of the molecule is ICC[Si]1(c2ccccc2)CCP(c2ccccc2)CC1. The molecule has 0 N–H and O–H groups in total. The molecule has 1 aliphatic rings. The lowest BCUT2D eigenvalue weighted by atomic mass is 10.4. The quantitative estimate of drug-likeness (QED) is 0.291. The molecule has 3 rings (SSSR count). The number of rotatable bonds is 4. The smallest absolute Gasteiger partial charge is 0.0867 e. The second kappa shape index (κ2) is 7.39. The molecule has 1 saturated heterocycles. The number of alkyl halides is 1. The average Bonchev–Trinajstić information content (AvgIpc) is 2.57. The van der Waals surface area contributed by atoms with E-state index in [4.69, 9.17) is 0 Å². The minimum Gasteiger partial charge on any atom is -0.0867 e. The van der Waals surface area contributed by atoms with Crippen LogP contribution in [-0.4, -0.2) is 24.8 Å². The molecule has 1 heterocycles. The zero-order chi connectivity index (χ0) is 14.5. The molecule has 1 aliphatic heterocycles. The molecule has 21 heavy (non-hydrogen) atoms. The van der Waals surface area contributed by atoms with Crippen molar-refractivity contribution in [3.8, 4) is 0 Å². The predicted molar refractivity (Wildman–Crippen MR) is 108 cm³/mol. The number of hydrogen-bond donors (Lipinski definition) is 0. The van der Waals surface area contributed by atoms with Gasteiger partial charge in [-0.25, -0.2) is 0 Å². The van der Waals surface area contributed by atoms with Crippen molar-refractivity contribution in [2.24, 2.45) is 0 Å². The van der Waals surface area contributed by atoms with Crippen LogP contribution in [0.1, 0.15) is 0 Å². The first-order chi connectivity index (χ1) is 10.3. The molecular formula is C18H22IPSi. The summed E-state index contributed by atoms with van der Waals surface area (Å²) in [7, 11) is -1.12. The van der Waals surface area contributed by atoms with Crippen LogP contribution in [0.25, 0.3) is 0 Å². The molecule has 0 aliphatic carbocycles. The summed E-state index contributed by atoms with van der Waals surface area (Å²) >= 11 is 2.58. The normalized spacial score (nSPS) is 25.7. The largest absolute Gasteiger partial charge is 0.0881 e. The van der Waals surface area contributed by atoms with Crippen LogP contribution in [0, 0.1) is 0 Å². The fourth-order valence-corrected chi connectivity index (χ4v) is 16.4. The molecule has 1 fully saturated rings. The van der Waals surface area contributed by atoms with Gasteiger partial charge in [0.25, 0.3) is 0 Å². The molecule has 3 heteroatoms. The van der Waals surface area contributed by atoms with E-state index < -0.39 is 8.07 Å². The summed E-state index contributed by atoms with van der Waals surface area (Å²) in [4.78, 5) is 0. The lowest BCUT2D eigenvalue weighted by Gasteiger charge is -2.39. The first-order valence-corrected chi connectivity index (χ1v) is 13.6. The third kappa shape index (κ3) is 3.60. The Kier molecular flexibility index (Phi) is 5.52. The van der Waals surface area contributed by atoms with Gasteiger partial charge < -0.3 is 0 Å². The van der Waals surface area contributed by atoms with Gasteiger partial charge in [-0.15, -0.1) is 0 Å². The van der Waals surface area contributed by atoms with Crippen molar-refractivity contribution < 1.29 is 0 Å². The Bertz CT molecular complexity index is 550. The van der Waals surface area contributed by atoms with E-state index >= 15 is 0 Å². The lowest BCUT2D eigenvalue weighted by molar-refractivity contribution is 1.18. The van der Waals surface area contributed by atoms with Gasteiger partial charge in [0.05, 0.1) is 8.07 Å². The maximum absolute atomic E-state index is 2.58. The molecule has 0 saturated carbocycles. The minimum absolute atomic E-state index is 0.106. The van der Waals surface area contributed by atoms with E-state index in [9.17, 15) is 0 Å². The van der Waals surface area contributed by atoms with Gasteiger partial charge in [0.2, 0.25) is 0 Å². The van der Waals surface area contributed by atoms with Gasteiger partial charge in [-0.1, -0.05) is 96.4 Å². The fourth-order valence-electron chi connectivity index (χ4n) is 3.49. The van der Waals surface area contributed by atoms with Crippen LogP contribution in [0.5, 0.6) is 0 Å². The van der Waals surface area contributed by atoms with Crippen LogP contribution >= 0.6 is 30.5 Å². The molecule has 0 radical (unpaired) electrons. The second-order valence-corrected chi connectivity index (χ2v) is 14.1. The molecule has 0 spiro atoms. The van der Waals surface area contributed by atoms with Crippen molar-refractivity contribution in [2.45, 2.75) is 18.1 Å². The summed E-state index contributed by atoms with van der Waals surface area (Å²) in [6.07, 6.45) is 2.91. The van der Waals surface area contributed by atoms with E-state index in [1.54, 1.807) is 10.5 Å². The summed E-state index contributed by atoms with van der Waals surface area (Å²) < 4.78 is 1.32. The summed E-state index contributed by atoms with van der Waals surface area (Å²) in [5, 5.41) is 3.34. The number of benzene rings is 2. The van der Waals surface area contributed by atoms with Crippen LogP contribution in [0.4, 0.5) is 0 Å². The Balaban J connectivity index is 1.78. The molecule has 110 valence electrons. The highest BCUT2D eigenvalue weighted by Crippen LogP contribution is 2.45. The molecule has 0 unspecified atom stereocenters. The third-order valence-corrected chi connectivity index (χ3v) is 14.9. The third-order valence-electron chi connectivity index (χ3n) is 4.80. The summed E-state index contributed by atoms with van der Waals surface area (Å²) in [5.41, 5.74) is 0. The van der Waals surface area contributed by atoms with E-state index in [0.29, 0.717) is 0 Å². The standard InChI is InChI=1S/C18H22IPSi/c19-11-14-21(18-9-5-2-6-10-18)15-12-20(13-16-21)17-7-3-1-4-8-17/h1-10H,11-16H2. The highest BCUT2D eigenvalue weighted by molar-refractivity contribution is 14.1. The zero-order valence-electron chi connectivity index (χ0n) is 12.3. The maximum Gasteiger partial charge on any atom is 0.0881 e. The minimum atomic E-state index is -1.22. The van der Waals surface area contributed by atoms with Crippen LogP contribution < -0.4 is 10.5 Å². The molecular weight excluding hydrogens is 402 g/mol. The van der Waals surface area contributed by atoms with Gasteiger partial charge in [-0.3, -0.25) is 0 Å². The predicted octanol–water partition coefficient (Wildman–Crippen LogP) is 4.60. The van der Waals surface area contributed by atoms with Gasteiger partial charge in [0.1, 0.15) is 0 Å². The number of halogens is 1. The van der Waals surface area contributed by atoms with Gasteiger partial charge in [0.15, 0.2) is 0 Å². The van der Waals surface area contributed by atoms with Gasteiger partial charge in [0, 0.05) is 0 Å². The molecule has 2 aromatic rings. The number of hydrogen-bond acceptors (Lipinski definition) is 0. The summed E-state index contributed by atoms with van der Waals surface area (Å²) in [6, 6.07) is 27.2. The fraction of sp³-hybridized carbons (Fsp3) is 0.333. The average molecular weight is 424 g/mol.